The van der Waals surface area contributed by atoms with Crippen LogP contribution in [0.1, 0.15) is 13.3 Å². The molecule has 1 rings (SSSR count). The van der Waals surface area contributed by atoms with Crippen LogP contribution in [0.5, 0.6) is 0 Å². The van der Waals surface area contributed by atoms with E-state index >= 15 is 0 Å². The topological polar surface area (TPSA) is 61.4 Å². The lowest BCUT2D eigenvalue weighted by molar-refractivity contribution is 0.186. The molecule has 4 heteroatoms. The summed E-state index contributed by atoms with van der Waals surface area (Å²) in [5, 5.41) is 14.1. The van der Waals surface area contributed by atoms with E-state index in [2.05, 4.69) is 10.6 Å². The van der Waals surface area contributed by atoms with Gasteiger partial charge in [0.25, 0.3) is 0 Å². The van der Waals surface area contributed by atoms with Gasteiger partial charge in [-0.25, -0.2) is 4.79 Å². The highest BCUT2D eigenvalue weighted by Crippen LogP contribution is 2.11. The second-order valence-corrected chi connectivity index (χ2v) is 2.99. The molecule has 0 aromatic rings. The molecule has 1 unspecified atom stereocenters. The molecule has 1 aliphatic rings. The van der Waals surface area contributed by atoms with E-state index in [1.165, 1.54) is 0 Å². The molecule has 0 aromatic carbocycles. The predicted molar refractivity (Wildman–Crippen MR) is 41.6 cm³/mol. The van der Waals surface area contributed by atoms with Gasteiger partial charge in [0.2, 0.25) is 0 Å². The van der Waals surface area contributed by atoms with Gasteiger partial charge in [0.1, 0.15) is 0 Å². The third-order valence-corrected chi connectivity index (χ3v) is 2.16. The fraction of sp³-hybridized carbons (Fsp3) is 0.857. The third-order valence-electron chi connectivity index (χ3n) is 2.16. The molecule has 0 saturated carbocycles. The molecule has 0 bridgehead atoms. The normalized spacial score (nSPS) is 26.5. The van der Waals surface area contributed by atoms with Gasteiger partial charge < -0.3 is 15.7 Å². The molecule has 1 amide bonds. The Morgan fingerprint density at radius 2 is 2.55 bits per heavy atom. The number of carbonyl (C=O) groups is 1. The highest BCUT2D eigenvalue weighted by Gasteiger charge is 2.21. The van der Waals surface area contributed by atoms with Crippen LogP contribution in [0.15, 0.2) is 0 Å². The van der Waals surface area contributed by atoms with Crippen molar-refractivity contribution in [3.05, 3.63) is 0 Å². The first-order chi connectivity index (χ1) is 5.20. The Morgan fingerprint density at radius 3 is 3.00 bits per heavy atom. The van der Waals surface area contributed by atoms with Gasteiger partial charge >= 0.3 is 6.09 Å². The summed E-state index contributed by atoms with van der Waals surface area (Å²) < 4.78 is 0. The van der Waals surface area contributed by atoms with E-state index in [0.717, 1.165) is 19.5 Å². The minimum absolute atomic E-state index is 0.0718. The van der Waals surface area contributed by atoms with Gasteiger partial charge in [-0.2, -0.15) is 0 Å². The average molecular weight is 158 g/mol. The summed E-state index contributed by atoms with van der Waals surface area (Å²) in [7, 11) is 0. The number of hydrogen-bond donors (Lipinski definition) is 3. The highest BCUT2D eigenvalue weighted by molar-refractivity contribution is 5.64. The molecule has 1 saturated heterocycles. The Bertz CT molecular complexity index is 143. The van der Waals surface area contributed by atoms with E-state index in [0.29, 0.717) is 5.92 Å². The molecule has 2 atom stereocenters. The van der Waals surface area contributed by atoms with Crippen LogP contribution in [0.25, 0.3) is 0 Å². The number of carboxylic acid groups (broad SMARTS) is 1. The quantitative estimate of drug-likeness (QED) is 0.540. The van der Waals surface area contributed by atoms with Crippen molar-refractivity contribution >= 4 is 6.09 Å². The first kappa shape index (κ1) is 8.33. The summed E-state index contributed by atoms with van der Waals surface area (Å²) in [4.78, 5) is 10.2. The van der Waals surface area contributed by atoms with Crippen LogP contribution < -0.4 is 10.6 Å². The maximum absolute atomic E-state index is 10.2. The summed E-state index contributed by atoms with van der Waals surface area (Å²) in [6.45, 7) is 3.85. The minimum atomic E-state index is -0.926. The number of amides is 1. The zero-order valence-electron chi connectivity index (χ0n) is 6.63. The maximum atomic E-state index is 10.2. The fourth-order valence-corrected chi connectivity index (χ4v) is 1.42. The smallest absolute Gasteiger partial charge is 0.404 e. The molecule has 1 heterocycles. The van der Waals surface area contributed by atoms with Crippen molar-refractivity contribution in [3.8, 4) is 0 Å². The molecular weight excluding hydrogens is 144 g/mol. The van der Waals surface area contributed by atoms with Gasteiger partial charge in [0, 0.05) is 6.04 Å². The second-order valence-electron chi connectivity index (χ2n) is 2.99. The first-order valence-electron chi connectivity index (χ1n) is 3.90. The van der Waals surface area contributed by atoms with Gasteiger partial charge in [0.05, 0.1) is 0 Å². The standard InChI is InChI=1S/C7H14N2O2/c1-5(9-7(10)11)6-2-3-8-4-6/h5-6,8-9H,2-4H2,1H3,(H,10,11)/t5-,6?/m0/s1. The Labute approximate surface area is 66.0 Å². The molecule has 0 radical (unpaired) electrons. The Kier molecular flexibility index (Phi) is 2.70. The van der Waals surface area contributed by atoms with Crippen LogP contribution in [0.2, 0.25) is 0 Å². The summed E-state index contributed by atoms with van der Waals surface area (Å²) in [5.41, 5.74) is 0. The van der Waals surface area contributed by atoms with E-state index in [9.17, 15) is 4.79 Å². The largest absolute Gasteiger partial charge is 0.465 e. The van der Waals surface area contributed by atoms with Crippen LogP contribution in [0.3, 0.4) is 0 Å². The fourth-order valence-electron chi connectivity index (χ4n) is 1.42. The zero-order valence-corrected chi connectivity index (χ0v) is 6.63. The molecule has 3 N–H and O–H groups in total. The summed E-state index contributed by atoms with van der Waals surface area (Å²) in [6.07, 6.45) is 0.144. The SMILES string of the molecule is C[C@H](NC(=O)O)C1CCNC1. The van der Waals surface area contributed by atoms with Crippen molar-refractivity contribution < 1.29 is 9.90 Å². The Balaban J connectivity index is 2.28. The molecule has 1 aliphatic heterocycles. The van der Waals surface area contributed by atoms with Crippen LogP contribution in [0, 0.1) is 5.92 Å². The number of hydrogen-bond acceptors (Lipinski definition) is 2. The minimum Gasteiger partial charge on any atom is -0.465 e. The third kappa shape index (κ3) is 2.38. The van der Waals surface area contributed by atoms with Crippen LogP contribution in [0.4, 0.5) is 4.79 Å². The molecule has 0 aromatic heterocycles. The van der Waals surface area contributed by atoms with Crippen LogP contribution in [-0.4, -0.2) is 30.3 Å². The molecule has 0 spiro atoms. The van der Waals surface area contributed by atoms with Crippen molar-refractivity contribution in [3.63, 3.8) is 0 Å². The molecule has 11 heavy (non-hydrogen) atoms. The Hall–Kier alpha value is -0.770. The lowest BCUT2D eigenvalue weighted by atomic mass is 10.0. The van der Waals surface area contributed by atoms with Crippen LogP contribution in [-0.2, 0) is 0 Å². The lowest BCUT2D eigenvalue weighted by Crippen LogP contribution is -2.37. The second kappa shape index (κ2) is 3.57. The lowest BCUT2D eigenvalue weighted by Gasteiger charge is -2.17. The van der Waals surface area contributed by atoms with Gasteiger partial charge in [-0.15, -0.1) is 0 Å². The van der Waals surface area contributed by atoms with Crippen LogP contribution >= 0.6 is 0 Å². The van der Waals surface area contributed by atoms with Gasteiger partial charge in [0.15, 0.2) is 0 Å². The highest BCUT2D eigenvalue weighted by atomic mass is 16.4. The van der Waals surface area contributed by atoms with Crippen molar-refractivity contribution in [2.24, 2.45) is 5.92 Å². The molecular formula is C7H14N2O2. The summed E-state index contributed by atoms with van der Waals surface area (Å²) in [5.74, 6) is 0.464. The molecule has 4 nitrogen and oxygen atoms in total. The number of nitrogens with one attached hydrogen (secondary N) is 2. The van der Waals surface area contributed by atoms with Gasteiger partial charge in [-0.3, -0.25) is 0 Å². The van der Waals surface area contributed by atoms with E-state index in [4.69, 9.17) is 5.11 Å². The van der Waals surface area contributed by atoms with E-state index < -0.39 is 6.09 Å². The van der Waals surface area contributed by atoms with E-state index in [1.54, 1.807) is 0 Å². The van der Waals surface area contributed by atoms with Crippen molar-refractivity contribution in [2.75, 3.05) is 13.1 Å². The first-order valence-corrected chi connectivity index (χ1v) is 3.90. The molecule has 0 aliphatic carbocycles. The van der Waals surface area contributed by atoms with Crippen molar-refractivity contribution in [1.82, 2.24) is 10.6 Å². The maximum Gasteiger partial charge on any atom is 0.404 e. The zero-order chi connectivity index (χ0) is 8.27. The van der Waals surface area contributed by atoms with Gasteiger partial charge in [-0.1, -0.05) is 0 Å². The van der Waals surface area contributed by atoms with Crippen molar-refractivity contribution in [2.45, 2.75) is 19.4 Å². The number of rotatable bonds is 2. The summed E-state index contributed by atoms with van der Waals surface area (Å²) in [6, 6.07) is 0.0718. The Morgan fingerprint density at radius 1 is 1.82 bits per heavy atom. The van der Waals surface area contributed by atoms with E-state index in [1.807, 2.05) is 6.92 Å². The molecule has 64 valence electrons. The van der Waals surface area contributed by atoms with E-state index in [-0.39, 0.29) is 6.04 Å². The average Bonchev–Trinajstić information content (AvgIpc) is 2.35. The predicted octanol–water partition coefficient (Wildman–Crippen LogP) is 0.252. The molecule has 1 fully saturated rings. The van der Waals surface area contributed by atoms with Crippen molar-refractivity contribution in [1.29, 1.82) is 0 Å². The summed E-state index contributed by atoms with van der Waals surface area (Å²) >= 11 is 0. The van der Waals surface area contributed by atoms with Gasteiger partial charge in [-0.05, 0) is 32.4 Å². The monoisotopic (exact) mass is 158 g/mol.